The Morgan fingerprint density at radius 3 is 2.50 bits per heavy atom. The zero-order valence-corrected chi connectivity index (χ0v) is 13.0. The molecule has 0 aliphatic carbocycles. The standard InChI is InChI=1S/C15H12ClN3O5/c16-13-5-4-11(9-14(13)19(23)24)17-7-6-15(20)10-2-1-3-12(8-10)18(21)22/h1-5,8-9,17H,6-7H2. The molecule has 0 atom stereocenters. The average molecular weight is 350 g/mol. The maximum atomic E-state index is 12.0. The third-order valence-electron chi connectivity index (χ3n) is 3.20. The molecular formula is C15H12ClN3O5. The fourth-order valence-electron chi connectivity index (χ4n) is 2.02. The summed E-state index contributed by atoms with van der Waals surface area (Å²) in [6.07, 6.45) is 0.0809. The van der Waals surface area contributed by atoms with Crippen molar-refractivity contribution in [2.75, 3.05) is 11.9 Å². The van der Waals surface area contributed by atoms with E-state index in [2.05, 4.69) is 5.32 Å². The first-order valence-electron chi connectivity index (χ1n) is 6.84. The molecule has 0 aromatic heterocycles. The number of non-ortho nitro benzene ring substituents is 1. The van der Waals surface area contributed by atoms with Gasteiger partial charge < -0.3 is 5.32 Å². The average Bonchev–Trinajstić information content (AvgIpc) is 2.56. The van der Waals surface area contributed by atoms with Gasteiger partial charge in [-0.2, -0.15) is 0 Å². The minimum atomic E-state index is -0.595. The Labute approximate surface area is 141 Å². The summed E-state index contributed by atoms with van der Waals surface area (Å²) < 4.78 is 0. The highest BCUT2D eigenvalue weighted by molar-refractivity contribution is 6.32. The highest BCUT2D eigenvalue weighted by atomic mass is 35.5. The summed E-state index contributed by atoms with van der Waals surface area (Å²) in [5.41, 5.74) is 0.319. The van der Waals surface area contributed by atoms with Crippen molar-refractivity contribution in [1.29, 1.82) is 0 Å². The number of carbonyl (C=O) groups excluding carboxylic acids is 1. The molecule has 0 amide bonds. The molecule has 1 N–H and O–H groups in total. The Morgan fingerprint density at radius 2 is 1.83 bits per heavy atom. The summed E-state index contributed by atoms with van der Waals surface area (Å²) in [5, 5.41) is 24.4. The van der Waals surface area contributed by atoms with Crippen molar-refractivity contribution in [2.24, 2.45) is 0 Å². The molecule has 0 spiro atoms. The molecule has 0 fully saturated rings. The van der Waals surface area contributed by atoms with Crippen molar-refractivity contribution in [1.82, 2.24) is 0 Å². The van der Waals surface area contributed by atoms with E-state index in [1.807, 2.05) is 0 Å². The highest BCUT2D eigenvalue weighted by Gasteiger charge is 2.14. The molecule has 0 unspecified atom stereocenters. The van der Waals surface area contributed by atoms with Crippen molar-refractivity contribution in [3.05, 3.63) is 73.3 Å². The molecular weight excluding hydrogens is 338 g/mol. The lowest BCUT2D eigenvalue weighted by molar-refractivity contribution is -0.385. The van der Waals surface area contributed by atoms with Gasteiger partial charge in [0.25, 0.3) is 11.4 Å². The summed E-state index contributed by atoms with van der Waals surface area (Å²) in [6, 6.07) is 9.71. The normalized spacial score (nSPS) is 10.2. The number of nitro benzene ring substituents is 2. The second-order valence-corrected chi connectivity index (χ2v) is 5.24. The first kappa shape index (κ1) is 17.4. The van der Waals surface area contributed by atoms with Crippen LogP contribution in [-0.4, -0.2) is 22.2 Å². The number of ketones is 1. The third-order valence-corrected chi connectivity index (χ3v) is 3.52. The molecule has 0 aliphatic heterocycles. The van der Waals surface area contributed by atoms with Crippen molar-refractivity contribution in [3.8, 4) is 0 Å². The first-order chi connectivity index (χ1) is 11.4. The van der Waals surface area contributed by atoms with Crippen molar-refractivity contribution < 1.29 is 14.6 Å². The number of halogens is 1. The van der Waals surface area contributed by atoms with Crippen LogP contribution in [0.5, 0.6) is 0 Å². The van der Waals surface area contributed by atoms with Crippen LogP contribution in [0.3, 0.4) is 0 Å². The van der Waals surface area contributed by atoms with E-state index < -0.39 is 9.85 Å². The molecule has 2 rings (SSSR count). The Kier molecular flexibility index (Phi) is 5.43. The molecule has 0 bridgehead atoms. The molecule has 0 saturated heterocycles. The predicted octanol–water partition coefficient (Wildman–Crippen LogP) is 3.84. The van der Waals surface area contributed by atoms with Crippen LogP contribution in [0.25, 0.3) is 0 Å². The van der Waals surface area contributed by atoms with Gasteiger partial charge in [-0.1, -0.05) is 23.7 Å². The number of nitrogens with one attached hydrogen (secondary N) is 1. The predicted molar refractivity (Wildman–Crippen MR) is 88.6 cm³/mol. The summed E-state index contributed by atoms with van der Waals surface area (Å²) >= 11 is 5.72. The van der Waals surface area contributed by atoms with Crippen LogP contribution in [0.1, 0.15) is 16.8 Å². The number of carbonyl (C=O) groups is 1. The number of nitrogens with zero attached hydrogens (tertiary/aromatic N) is 2. The summed E-state index contributed by atoms with van der Waals surface area (Å²) in [7, 11) is 0. The van der Waals surface area contributed by atoms with Gasteiger partial charge in [0, 0.05) is 42.4 Å². The molecule has 2 aromatic carbocycles. The van der Waals surface area contributed by atoms with E-state index >= 15 is 0 Å². The fraction of sp³-hybridized carbons (Fsp3) is 0.133. The van der Waals surface area contributed by atoms with E-state index in [0.717, 1.165) is 0 Å². The van der Waals surface area contributed by atoms with Gasteiger partial charge in [-0.15, -0.1) is 0 Å². The summed E-state index contributed by atoms with van der Waals surface area (Å²) in [4.78, 5) is 32.4. The van der Waals surface area contributed by atoms with Crippen molar-refractivity contribution in [3.63, 3.8) is 0 Å². The van der Waals surface area contributed by atoms with Crippen LogP contribution in [0.15, 0.2) is 42.5 Å². The molecule has 0 saturated carbocycles. The minimum Gasteiger partial charge on any atom is -0.384 e. The quantitative estimate of drug-likeness (QED) is 0.461. The number of rotatable bonds is 7. The zero-order chi connectivity index (χ0) is 17.7. The maximum Gasteiger partial charge on any atom is 0.289 e. The molecule has 0 radical (unpaired) electrons. The smallest absolute Gasteiger partial charge is 0.289 e. The van der Waals surface area contributed by atoms with Gasteiger partial charge in [0.15, 0.2) is 5.78 Å². The number of benzene rings is 2. The minimum absolute atomic E-state index is 0.0261. The molecule has 0 heterocycles. The van der Waals surface area contributed by atoms with Crippen LogP contribution in [0.4, 0.5) is 17.1 Å². The van der Waals surface area contributed by atoms with Crippen molar-refractivity contribution in [2.45, 2.75) is 6.42 Å². The third kappa shape index (κ3) is 4.26. The second kappa shape index (κ2) is 7.51. The molecule has 9 heteroatoms. The highest BCUT2D eigenvalue weighted by Crippen LogP contribution is 2.27. The molecule has 8 nitrogen and oxygen atoms in total. The lowest BCUT2D eigenvalue weighted by atomic mass is 10.1. The lowest BCUT2D eigenvalue weighted by Crippen LogP contribution is -2.09. The number of Topliss-reactive ketones (excluding diaryl/α,β-unsaturated/α-hetero) is 1. The van der Waals surface area contributed by atoms with Crippen molar-refractivity contribution >= 4 is 34.4 Å². The first-order valence-corrected chi connectivity index (χ1v) is 7.22. The van der Waals surface area contributed by atoms with Gasteiger partial charge in [0.05, 0.1) is 9.85 Å². The van der Waals surface area contributed by atoms with Gasteiger partial charge >= 0.3 is 0 Å². The monoisotopic (exact) mass is 349 g/mol. The van der Waals surface area contributed by atoms with Gasteiger partial charge in [-0.25, -0.2) is 0 Å². The largest absolute Gasteiger partial charge is 0.384 e. The van der Waals surface area contributed by atoms with E-state index in [1.54, 1.807) is 6.07 Å². The van der Waals surface area contributed by atoms with Gasteiger partial charge in [0.1, 0.15) is 5.02 Å². The number of hydrogen-bond donors (Lipinski definition) is 1. The molecule has 2 aromatic rings. The van der Waals surface area contributed by atoms with Crippen LogP contribution in [0.2, 0.25) is 5.02 Å². The molecule has 124 valence electrons. The Bertz CT molecular complexity index is 809. The molecule has 0 aliphatic rings. The Balaban J connectivity index is 1.98. The Hall–Kier alpha value is -3.00. The van der Waals surface area contributed by atoms with Gasteiger partial charge in [-0.3, -0.25) is 25.0 Å². The Morgan fingerprint density at radius 1 is 1.08 bits per heavy atom. The fourth-order valence-corrected chi connectivity index (χ4v) is 2.21. The van der Waals surface area contributed by atoms with Crippen LogP contribution in [0, 0.1) is 20.2 Å². The number of anilines is 1. The second-order valence-electron chi connectivity index (χ2n) is 4.83. The van der Waals surface area contributed by atoms with Crippen LogP contribution < -0.4 is 5.32 Å². The zero-order valence-electron chi connectivity index (χ0n) is 12.3. The van der Waals surface area contributed by atoms with E-state index in [1.165, 1.54) is 36.4 Å². The molecule has 24 heavy (non-hydrogen) atoms. The van der Waals surface area contributed by atoms with Crippen LogP contribution in [-0.2, 0) is 0 Å². The van der Waals surface area contributed by atoms with E-state index in [-0.39, 0.29) is 40.7 Å². The van der Waals surface area contributed by atoms with E-state index in [0.29, 0.717) is 5.69 Å². The van der Waals surface area contributed by atoms with E-state index in [9.17, 15) is 25.0 Å². The van der Waals surface area contributed by atoms with E-state index in [4.69, 9.17) is 11.6 Å². The maximum absolute atomic E-state index is 12.0. The summed E-state index contributed by atoms with van der Waals surface area (Å²) in [6.45, 7) is 0.223. The lowest BCUT2D eigenvalue weighted by Gasteiger charge is -2.06. The number of hydrogen-bond acceptors (Lipinski definition) is 6. The van der Waals surface area contributed by atoms with Gasteiger partial charge in [-0.05, 0) is 12.1 Å². The topological polar surface area (TPSA) is 115 Å². The summed E-state index contributed by atoms with van der Waals surface area (Å²) in [5.74, 6) is -0.269. The SMILES string of the molecule is O=C(CCNc1ccc(Cl)c([N+](=O)[O-])c1)c1cccc([N+](=O)[O-])c1. The number of nitro groups is 2. The van der Waals surface area contributed by atoms with Crippen LogP contribution >= 0.6 is 11.6 Å². The van der Waals surface area contributed by atoms with Gasteiger partial charge in [0.2, 0.25) is 0 Å².